The quantitative estimate of drug-likeness (QED) is 0.442. The number of rotatable bonds is 7. The summed E-state index contributed by atoms with van der Waals surface area (Å²) in [6.45, 7) is 7.22. The van der Waals surface area contributed by atoms with Crippen LogP contribution in [0, 0.1) is 20.8 Å². The first-order valence-electron chi connectivity index (χ1n) is 10.2. The first kappa shape index (κ1) is 22.0. The van der Waals surface area contributed by atoms with Crippen molar-refractivity contribution in [1.82, 2.24) is 4.57 Å². The van der Waals surface area contributed by atoms with Crippen molar-refractivity contribution in [3.05, 3.63) is 82.7 Å². The lowest BCUT2D eigenvalue weighted by molar-refractivity contribution is -0.115. The molecular weight excluding hydrogens is 392 g/mol. The first-order chi connectivity index (χ1) is 14.8. The summed E-state index contributed by atoms with van der Waals surface area (Å²) in [6, 6.07) is 16.2. The van der Waals surface area contributed by atoms with Crippen molar-refractivity contribution in [3.8, 4) is 5.69 Å². The van der Waals surface area contributed by atoms with E-state index in [9.17, 15) is 14.4 Å². The maximum atomic E-state index is 12.7. The Kier molecular flexibility index (Phi) is 6.70. The lowest BCUT2D eigenvalue weighted by Crippen LogP contribution is -2.15. The van der Waals surface area contributed by atoms with Crippen LogP contribution in [-0.2, 0) is 9.53 Å². The summed E-state index contributed by atoms with van der Waals surface area (Å²) in [5.74, 6) is -0.946. The minimum atomic E-state index is -0.534. The molecule has 1 aromatic heterocycles. The standard InChI is InChI=1S/C25H26N2O4/c1-5-24(29)26-20-12-10-19(11-13-20)23(28)15-31-25(30)21-14-17(3)27(18(21)4)22-9-7-6-8-16(22)2/h6-14H,5,15H2,1-4H3,(H,26,29). The van der Waals surface area contributed by atoms with E-state index in [0.717, 1.165) is 22.6 Å². The Labute approximate surface area is 181 Å². The maximum Gasteiger partial charge on any atom is 0.340 e. The number of Topliss-reactive ketones (excluding diaryl/α,β-unsaturated/α-hetero) is 1. The van der Waals surface area contributed by atoms with Gasteiger partial charge in [-0.25, -0.2) is 4.79 Å². The average Bonchev–Trinajstić information content (AvgIpc) is 3.06. The van der Waals surface area contributed by atoms with Crippen LogP contribution in [0.25, 0.3) is 5.69 Å². The second-order valence-corrected chi connectivity index (χ2v) is 7.39. The smallest absolute Gasteiger partial charge is 0.340 e. The predicted octanol–water partition coefficient (Wildman–Crippen LogP) is 4.79. The molecular formula is C25H26N2O4. The van der Waals surface area contributed by atoms with Crippen molar-refractivity contribution in [2.24, 2.45) is 0 Å². The van der Waals surface area contributed by atoms with Crippen LogP contribution in [0.15, 0.2) is 54.6 Å². The summed E-state index contributed by atoms with van der Waals surface area (Å²) >= 11 is 0. The van der Waals surface area contributed by atoms with E-state index in [2.05, 4.69) is 5.32 Å². The van der Waals surface area contributed by atoms with Crippen molar-refractivity contribution in [3.63, 3.8) is 0 Å². The Balaban J connectivity index is 1.69. The summed E-state index contributed by atoms with van der Waals surface area (Å²) in [5.41, 5.74) is 5.24. The lowest BCUT2D eigenvalue weighted by atomic mass is 10.1. The zero-order chi connectivity index (χ0) is 22.5. The number of anilines is 1. The second-order valence-electron chi connectivity index (χ2n) is 7.39. The SMILES string of the molecule is CCC(=O)Nc1ccc(C(=O)COC(=O)c2cc(C)n(-c3ccccc3C)c2C)cc1. The molecule has 0 unspecified atom stereocenters. The molecule has 6 nitrogen and oxygen atoms in total. The molecule has 0 spiro atoms. The predicted molar refractivity (Wildman–Crippen MR) is 120 cm³/mol. The topological polar surface area (TPSA) is 77.4 Å². The minimum absolute atomic E-state index is 0.101. The van der Waals surface area contributed by atoms with E-state index in [1.54, 1.807) is 37.3 Å². The van der Waals surface area contributed by atoms with Crippen LogP contribution < -0.4 is 5.32 Å². The molecule has 0 fully saturated rings. The van der Waals surface area contributed by atoms with Gasteiger partial charge in [0.1, 0.15) is 0 Å². The summed E-state index contributed by atoms with van der Waals surface area (Å²) in [6.07, 6.45) is 0.376. The molecule has 1 heterocycles. The maximum absolute atomic E-state index is 12.7. The van der Waals surface area contributed by atoms with Gasteiger partial charge in [-0.05, 0) is 62.7 Å². The number of amides is 1. The molecule has 0 radical (unpaired) electrons. The molecule has 0 aliphatic carbocycles. The molecule has 3 rings (SSSR count). The highest BCUT2D eigenvalue weighted by atomic mass is 16.5. The zero-order valence-electron chi connectivity index (χ0n) is 18.2. The van der Waals surface area contributed by atoms with Gasteiger partial charge in [-0.1, -0.05) is 25.1 Å². The molecule has 0 aliphatic rings. The number of ether oxygens (including phenoxy) is 1. The summed E-state index contributed by atoms with van der Waals surface area (Å²) in [7, 11) is 0. The number of carbonyl (C=O) groups excluding carboxylic acids is 3. The van der Waals surface area contributed by atoms with Gasteiger partial charge < -0.3 is 14.6 Å². The summed E-state index contributed by atoms with van der Waals surface area (Å²) < 4.78 is 7.31. The van der Waals surface area contributed by atoms with Crippen LogP contribution in [0.5, 0.6) is 0 Å². The van der Waals surface area contributed by atoms with Crippen molar-refractivity contribution in [1.29, 1.82) is 0 Å². The van der Waals surface area contributed by atoms with Crippen LogP contribution in [0.2, 0.25) is 0 Å². The molecule has 3 aromatic rings. The number of aromatic nitrogens is 1. The molecule has 0 atom stereocenters. The van der Waals surface area contributed by atoms with E-state index in [1.807, 2.05) is 49.6 Å². The highest BCUT2D eigenvalue weighted by Crippen LogP contribution is 2.23. The highest BCUT2D eigenvalue weighted by Gasteiger charge is 2.20. The van der Waals surface area contributed by atoms with Gasteiger partial charge in [0.25, 0.3) is 0 Å². The van der Waals surface area contributed by atoms with E-state index in [1.165, 1.54) is 0 Å². The van der Waals surface area contributed by atoms with E-state index in [0.29, 0.717) is 23.2 Å². The number of para-hydroxylation sites is 1. The van der Waals surface area contributed by atoms with Gasteiger partial charge in [0.2, 0.25) is 5.91 Å². The fourth-order valence-electron chi connectivity index (χ4n) is 3.44. The molecule has 0 aliphatic heterocycles. The van der Waals surface area contributed by atoms with Crippen molar-refractivity contribution < 1.29 is 19.1 Å². The van der Waals surface area contributed by atoms with Crippen molar-refractivity contribution >= 4 is 23.3 Å². The van der Waals surface area contributed by atoms with Gasteiger partial charge in [0.15, 0.2) is 12.4 Å². The molecule has 0 saturated carbocycles. The van der Waals surface area contributed by atoms with Gasteiger partial charge in [0, 0.05) is 34.7 Å². The van der Waals surface area contributed by atoms with Crippen LogP contribution in [0.3, 0.4) is 0 Å². The number of ketones is 1. The number of nitrogens with zero attached hydrogens (tertiary/aromatic N) is 1. The molecule has 31 heavy (non-hydrogen) atoms. The van der Waals surface area contributed by atoms with Crippen LogP contribution in [-0.4, -0.2) is 28.8 Å². The monoisotopic (exact) mass is 418 g/mol. The summed E-state index contributed by atoms with van der Waals surface area (Å²) in [5, 5.41) is 2.72. The molecule has 1 N–H and O–H groups in total. The number of hydrogen-bond acceptors (Lipinski definition) is 4. The molecule has 0 saturated heterocycles. The first-order valence-corrected chi connectivity index (χ1v) is 10.2. The van der Waals surface area contributed by atoms with E-state index in [-0.39, 0.29) is 18.3 Å². The normalized spacial score (nSPS) is 10.6. The van der Waals surface area contributed by atoms with Crippen molar-refractivity contribution in [2.45, 2.75) is 34.1 Å². The molecule has 0 bridgehead atoms. The van der Waals surface area contributed by atoms with Crippen LogP contribution >= 0.6 is 0 Å². The van der Waals surface area contributed by atoms with E-state index < -0.39 is 5.97 Å². The highest BCUT2D eigenvalue weighted by molar-refractivity contribution is 6.00. The Morgan fingerprint density at radius 3 is 2.29 bits per heavy atom. The number of benzene rings is 2. The fourth-order valence-corrected chi connectivity index (χ4v) is 3.44. The Morgan fingerprint density at radius 1 is 0.968 bits per heavy atom. The van der Waals surface area contributed by atoms with Crippen molar-refractivity contribution in [2.75, 3.05) is 11.9 Å². The number of carbonyl (C=O) groups is 3. The minimum Gasteiger partial charge on any atom is -0.454 e. The number of hydrogen-bond donors (Lipinski definition) is 1. The average molecular weight is 418 g/mol. The fraction of sp³-hybridized carbons (Fsp3) is 0.240. The Hall–Kier alpha value is -3.67. The Bertz CT molecular complexity index is 1130. The number of aryl methyl sites for hydroxylation is 2. The van der Waals surface area contributed by atoms with Crippen LogP contribution in [0.4, 0.5) is 5.69 Å². The third kappa shape index (κ3) is 4.91. The van der Waals surface area contributed by atoms with E-state index >= 15 is 0 Å². The largest absolute Gasteiger partial charge is 0.454 e. The van der Waals surface area contributed by atoms with Gasteiger partial charge in [0.05, 0.1) is 5.56 Å². The molecule has 1 amide bonds. The van der Waals surface area contributed by atoms with Crippen LogP contribution in [0.1, 0.15) is 51.0 Å². The molecule has 6 heteroatoms. The van der Waals surface area contributed by atoms with Gasteiger partial charge >= 0.3 is 5.97 Å². The van der Waals surface area contributed by atoms with Gasteiger partial charge in [-0.2, -0.15) is 0 Å². The second kappa shape index (κ2) is 9.43. The number of nitrogens with one attached hydrogen (secondary N) is 1. The van der Waals surface area contributed by atoms with E-state index in [4.69, 9.17) is 4.74 Å². The third-order valence-corrected chi connectivity index (χ3v) is 5.15. The molecule has 160 valence electrons. The lowest BCUT2D eigenvalue weighted by Gasteiger charge is -2.12. The number of esters is 1. The molecule has 2 aromatic carbocycles. The van der Waals surface area contributed by atoms with Gasteiger partial charge in [-0.15, -0.1) is 0 Å². The van der Waals surface area contributed by atoms with Gasteiger partial charge in [-0.3, -0.25) is 9.59 Å². The zero-order valence-corrected chi connectivity index (χ0v) is 18.2. The third-order valence-electron chi connectivity index (χ3n) is 5.15. The summed E-state index contributed by atoms with van der Waals surface area (Å²) in [4.78, 5) is 36.5. The Morgan fingerprint density at radius 2 is 1.65 bits per heavy atom.